The monoisotopic (exact) mass is 642 g/mol. The number of imidazole rings is 1. The van der Waals surface area contributed by atoms with Crippen molar-refractivity contribution in [2.75, 3.05) is 5.32 Å². The minimum atomic E-state index is -5.25. The summed E-state index contributed by atoms with van der Waals surface area (Å²) in [7, 11) is 0. The summed E-state index contributed by atoms with van der Waals surface area (Å²) >= 11 is 6.03. The van der Waals surface area contributed by atoms with Gasteiger partial charge in [0, 0.05) is 25.1 Å². The molecule has 0 aliphatic carbocycles. The Hall–Kier alpha value is -4.26. The first-order valence-electron chi connectivity index (χ1n) is 12.8. The fraction of sp³-hybridized carbons (Fsp3) is 0.200. The molecule has 0 aliphatic heterocycles. The van der Waals surface area contributed by atoms with Crippen molar-refractivity contribution in [1.82, 2.24) is 15.0 Å². The third-order valence-corrected chi connectivity index (χ3v) is 7.16. The van der Waals surface area contributed by atoms with E-state index in [1.165, 1.54) is 18.3 Å². The number of aromatic amines is 1. The van der Waals surface area contributed by atoms with Gasteiger partial charge in [-0.25, -0.2) is 18.2 Å². The molecule has 4 nitrogen and oxygen atoms in total. The lowest BCUT2D eigenvalue weighted by atomic mass is 9.80. The number of nitrogens with one attached hydrogen (secondary N) is 2. The van der Waals surface area contributed by atoms with Crippen LogP contribution < -0.4 is 5.32 Å². The standard InChI is InChI=1S/C30H20ClF9N4/c1-27(33,34)21-8-9-22-25(24(21)30(38,39)40)43-26(42-22)44-28(14-16-5-3-2-4-6-16,23-10-7-19(31)15-41-23)17-11-18(29(35,36)37)13-20(32)12-17/h2-13,15H,14H2,1H3,(H2,42,43,44)/t28-/m1/s1. The van der Waals surface area contributed by atoms with E-state index < -0.39 is 57.8 Å². The Morgan fingerprint density at radius 3 is 2.09 bits per heavy atom. The van der Waals surface area contributed by atoms with E-state index in [4.69, 9.17) is 11.6 Å². The highest BCUT2D eigenvalue weighted by Crippen LogP contribution is 2.44. The first-order valence-corrected chi connectivity index (χ1v) is 13.2. The van der Waals surface area contributed by atoms with Crippen molar-refractivity contribution in [1.29, 1.82) is 0 Å². The largest absolute Gasteiger partial charge is 0.419 e. The second-order valence-electron chi connectivity index (χ2n) is 10.1. The van der Waals surface area contributed by atoms with E-state index in [1.54, 1.807) is 30.3 Å². The van der Waals surface area contributed by atoms with Gasteiger partial charge in [-0.3, -0.25) is 4.98 Å². The predicted octanol–water partition coefficient (Wildman–Crippen LogP) is 9.50. The summed E-state index contributed by atoms with van der Waals surface area (Å²) in [5, 5.41) is 3.02. The molecule has 5 rings (SSSR count). The molecule has 2 heterocycles. The first-order chi connectivity index (χ1) is 20.5. The molecule has 0 fully saturated rings. The minimum absolute atomic E-state index is 0.00163. The minimum Gasteiger partial charge on any atom is -0.340 e. The van der Waals surface area contributed by atoms with Crippen molar-refractivity contribution in [3.8, 4) is 0 Å². The molecule has 230 valence electrons. The molecule has 0 radical (unpaired) electrons. The molecule has 0 aliphatic rings. The Morgan fingerprint density at radius 1 is 0.818 bits per heavy atom. The number of fused-ring (bicyclic) bond motifs is 1. The summed E-state index contributed by atoms with van der Waals surface area (Å²) in [6.45, 7) is 0.314. The van der Waals surface area contributed by atoms with Crippen LogP contribution in [0.5, 0.6) is 0 Å². The third kappa shape index (κ3) is 6.19. The highest BCUT2D eigenvalue weighted by atomic mass is 35.5. The Bertz CT molecular complexity index is 1790. The van der Waals surface area contributed by atoms with Crippen LogP contribution in [0.25, 0.3) is 11.0 Å². The van der Waals surface area contributed by atoms with Crippen LogP contribution in [0.1, 0.15) is 40.4 Å². The number of H-pyrrole nitrogens is 1. The summed E-state index contributed by atoms with van der Waals surface area (Å²) in [6, 6.07) is 14.4. The molecule has 5 aromatic rings. The molecule has 3 aromatic carbocycles. The SMILES string of the molecule is CC(F)(F)c1ccc2[nH]c(N[C@](Cc3ccccc3)(c3cc(F)cc(C(F)(F)F)c3)c3ccc(Cl)cn3)nc2c1C(F)(F)F. The smallest absolute Gasteiger partial charge is 0.340 e. The van der Waals surface area contributed by atoms with E-state index in [9.17, 15) is 39.5 Å². The van der Waals surface area contributed by atoms with Crippen molar-refractivity contribution < 1.29 is 39.5 Å². The highest BCUT2D eigenvalue weighted by molar-refractivity contribution is 6.30. The van der Waals surface area contributed by atoms with Gasteiger partial charge >= 0.3 is 12.4 Å². The summed E-state index contributed by atoms with van der Waals surface area (Å²) in [5.41, 5.74) is -7.19. The number of rotatable bonds is 7. The first kappa shape index (κ1) is 31.2. The summed E-state index contributed by atoms with van der Waals surface area (Å²) in [4.78, 5) is 10.8. The van der Waals surface area contributed by atoms with Gasteiger partial charge in [-0.05, 0) is 47.5 Å². The number of pyridine rings is 1. The predicted molar refractivity (Wildman–Crippen MR) is 146 cm³/mol. The maximum Gasteiger partial charge on any atom is 0.419 e. The second-order valence-corrected chi connectivity index (χ2v) is 10.6. The average molecular weight is 643 g/mol. The highest BCUT2D eigenvalue weighted by Gasteiger charge is 2.44. The zero-order valence-corrected chi connectivity index (χ0v) is 23.1. The molecular weight excluding hydrogens is 623 g/mol. The molecule has 0 bridgehead atoms. The van der Waals surface area contributed by atoms with E-state index in [0.717, 1.165) is 12.1 Å². The lowest BCUT2D eigenvalue weighted by Gasteiger charge is -2.36. The van der Waals surface area contributed by atoms with Gasteiger partial charge in [-0.2, -0.15) is 26.3 Å². The van der Waals surface area contributed by atoms with Crippen LogP contribution in [0, 0.1) is 5.82 Å². The molecule has 1 atom stereocenters. The lowest BCUT2D eigenvalue weighted by molar-refractivity contribution is -0.140. The van der Waals surface area contributed by atoms with Crippen molar-refractivity contribution in [3.05, 3.63) is 123 Å². The van der Waals surface area contributed by atoms with Crippen molar-refractivity contribution in [3.63, 3.8) is 0 Å². The van der Waals surface area contributed by atoms with Gasteiger partial charge in [-0.1, -0.05) is 48.0 Å². The van der Waals surface area contributed by atoms with Gasteiger partial charge in [0.2, 0.25) is 5.95 Å². The van der Waals surface area contributed by atoms with Crippen molar-refractivity contribution in [2.45, 2.75) is 37.2 Å². The number of benzene rings is 3. The normalized spacial score (nSPS) is 14.1. The van der Waals surface area contributed by atoms with E-state index in [2.05, 4.69) is 20.3 Å². The Morgan fingerprint density at radius 2 is 1.50 bits per heavy atom. The van der Waals surface area contributed by atoms with Gasteiger partial charge in [-0.15, -0.1) is 0 Å². The van der Waals surface area contributed by atoms with Crippen LogP contribution in [0.15, 0.2) is 79.0 Å². The average Bonchev–Trinajstić information content (AvgIpc) is 3.33. The van der Waals surface area contributed by atoms with Crippen molar-refractivity contribution >= 4 is 28.6 Å². The number of halogens is 10. The number of hydrogen-bond donors (Lipinski definition) is 2. The molecule has 2 aromatic heterocycles. The maximum atomic E-state index is 14.9. The Kier molecular flexibility index (Phi) is 7.81. The van der Waals surface area contributed by atoms with E-state index >= 15 is 0 Å². The van der Waals surface area contributed by atoms with Gasteiger partial charge in [0.15, 0.2) is 0 Å². The van der Waals surface area contributed by atoms with E-state index in [0.29, 0.717) is 30.7 Å². The number of aromatic nitrogens is 3. The summed E-state index contributed by atoms with van der Waals surface area (Å²) < 4.78 is 127. The Labute approximate surface area is 248 Å². The maximum absolute atomic E-state index is 14.9. The molecule has 0 saturated carbocycles. The number of anilines is 1. The van der Waals surface area contributed by atoms with Gasteiger partial charge < -0.3 is 10.3 Å². The Balaban J connectivity index is 1.81. The van der Waals surface area contributed by atoms with E-state index in [-0.39, 0.29) is 28.2 Å². The molecule has 0 amide bonds. The molecule has 14 heteroatoms. The van der Waals surface area contributed by atoms with Crippen LogP contribution in [-0.4, -0.2) is 15.0 Å². The molecular formula is C30H20ClF9N4. The van der Waals surface area contributed by atoms with Gasteiger partial charge in [0.05, 0.1) is 27.4 Å². The fourth-order valence-corrected chi connectivity index (χ4v) is 5.15. The lowest BCUT2D eigenvalue weighted by Crippen LogP contribution is -2.40. The van der Waals surface area contributed by atoms with Crippen LogP contribution >= 0.6 is 11.6 Å². The summed E-state index contributed by atoms with van der Waals surface area (Å²) in [5.74, 6) is -5.57. The molecule has 0 saturated heterocycles. The molecule has 0 unspecified atom stereocenters. The van der Waals surface area contributed by atoms with Crippen LogP contribution in [0.2, 0.25) is 5.02 Å². The molecule has 44 heavy (non-hydrogen) atoms. The molecule has 2 N–H and O–H groups in total. The van der Waals surface area contributed by atoms with Gasteiger partial charge in [0.1, 0.15) is 16.9 Å². The van der Waals surface area contributed by atoms with Crippen LogP contribution in [0.3, 0.4) is 0 Å². The topological polar surface area (TPSA) is 53.6 Å². The number of hydrogen-bond acceptors (Lipinski definition) is 3. The zero-order chi connectivity index (χ0) is 32.1. The quantitative estimate of drug-likeness (QED) is 0.174. The third-order valence-electron chi connectivity index (χ3n) is 6.94. The number of nitrogens with zero attached hydrogens (tertiary/aromatic N) is 2. The second kappa shape index (κ2) is 11.0. The van der Waals surface area contributed by atoms with Gasteiger partial charge in [0.25, 0.3) is 5.92 Å². The van der Waals surface area contributed by atoms with Crippen LogP contribution in [-0.2, 0) is 30.2 Å². The number of alkyl halides is 8. The molecule has 0 spiro atoms. The van der Waals surface area contributed by atoms with Crippen molar-refractivity contribution in [2.24, 2.45) is 0 Å². The zero-order valence-electron chi connectivity index (χ0n) is 22.4. The van der Waals surface area contributed by atoms with E-state index in [1.807, 2.05) is 0 Å². The summed E-state index contributed by atoms with van der Waals surface area (Å²) in [6.07, 6.45) is -9.24. The fourth-order valence-electron chi connectivity index (χ4n) is 5.04. The van der Waals surface area contributed by atoms with Crippen LogP contribution in [0.4, 0.5) is 45.5 Å².